The molecule has 0 unspecified atom stereocenters. The molecule has 3 rings (SSSR count). The zero-order valence-electron chi connectivity index (χ0n) is 17.7. The highest BCUT2D eigenvalue weighted by Crippen LogP contribution is 2.23. The first-order chi connectivity index (χ1) is 14.6. The molecule has 1 fully saturated rings. The standard InChI is InChI=1S/C21H25N3O6S/c1-15-4-6-19(13-16(15)2)31(28,29)23-10-8-22(9-11-23)21(25)14-30-18-5-7-20(24(26)27)17(3)12-18/h4-7,12-13H,8-11,14H2,1-3H3. The normalized spacial score (nSPS) is 15.0. The molecule has 0 bridgehead atoms. The van der Waals surface area contributed by atoms with Gasteiger partial charge in [0.1, 0.15) is 5.75 Å². The van der Waals surface area contributed by atoms with Gasteiger partial charge in [0.2, 0.25) is 10.0 Å². The molecule has 0 saturated carbocycles. The van der Waals surface area contributed by atoms with E-state index in [1.165, 1.54) is 22.5 Å². The van der Waals surface area contributed by atoms with Crippen molar-refractivity contribution in [1.82, 2.24) is 9.21 Å². The second-order valence-electron chi connectivity index (χ2n) is 7.53. The van der Waals surface area contributed by atoms with Crippen molar-refractivity contribution in [3.63, 3.8) is 0 Å². The van der Waals surface area contributed by atoms with Crippen molar-refractivity contribution in [3.05, 3.63) is 63.2 Å². The van der Waals surface area contributed by atoms with E-state index in [1.807, 2.05) is 13.8 Å². The van der Waals surface area contributed by atoms with Gasteiger partial charge in [0.25, 0.3) is 11.6 Å². The summed E-state index contributed by atoms with van der Waals surface area (Å²) >= 11 is 0. The number of sulfonamides is 1. The minimum atomic E-state index is -3.61. The number of amides is 1. The third-order valence-corrected chi connectivity index (χ3v) is 7.33. The van der Waals surface area contributed by atoms with Crippen LogP contribution in [-0.2, 0) is 14.8 Å². The first kappa shape index (κ1) is 22.7. The molecule has 1 saturated heterocycles. The highest BCUT2D eigenvalue weighted by Gasteiger charge is 2.30. The Bertz CT molecular complexity index is 1110. The van der Waals surface area contributed by atoms with Gasteiger partial charge in [-0.05, 0) is 56.2 Å². The van der Waals surface area contributed by atoms with Crippen LogP contribution in [0, 0.1) is 30.9 Å². The van der Waals surface area contributed by atoms with Crippen LogP contribution in [0.25, 0.3) is 0 Å². The molecule has 1 amide bonds. The number of benzene rings is 2. The molecule has 2 aromatic rings. The first-order valence-corrected chi connectivity index (χ1v) is 11.3. The lowest BCUT2D eigenvalue weighted by molar-refractivity contribution is -0.385. The molecule has 31 heavy (non-hydrogen) atoms. The summed E-state index contributed by atoms with van der Waals surface area (Å²) in [6.07, 6.45) is 0. The van der Waals surface area contributed by atoms with E-state index in [9.17, 15) is 23.3 Å². The molecule has 9 nitrogen and oxygen atoms in total. The smallest absolute Gasteiger partial charge is 0.272 e. The fourth-order valence-electron chi connectivity index (χ4n) is 3.36. The van der Waals surface area contributed by atoms with Crippen molar-refractivity contribution >= 4 is 21.6 Å². The molecule has 0 N–H and O–H groups in total. The zero-order chi connectivity index (χ0) is 22.8. The molecular weight excluding hydrogens is 422 g/mol. The number of ether oxygens (including phenoxy) is 1. The number of carbonyl (C=O) groups excluding carboxylic acids is 1. The van der Waals surface area contributed by atoms with Crippen LogP contribution in [0.1, 0.15) is 16.7 Å². The summed E-state index contributed by atoms with van der Waals surface area (Å²) in [6, 6.07) is 9.37. The molecule has 0 aliphatic carbocycles. The molecule has 2 aromatic carbocycles. The summed E-state index contributed by atoms with van der Waals surface area (Å²) in [5, 5.41) is 10.9. The molecule has 0 atom stereocenters. The number of hydrogen-bond acceptors (Lipinski definition) is 6. The Morgan fingerprint density at radius 3 is 2.26 bits per heavy atom. The van der Waals surface area contributed by atoms with Gasteiger partial charge in [-0.2, -0.15) is 4.31 Å². The van der Waals surface area contributed by atoms with Crippen molar-refractivity contribution in [2.24, 2.45) is 0 Å². The van der Waals surface area contributed by atoms with Crippen LogP contribution in [0.5, 0.6) is 5.75 Å². The van der Waals surface area contributed by atoms with E-state index in [4.69, 9.17) is 4.74 Å². The van der Waals surface area contributed by atoms with Crippen LogP contribution in [0.2, 0.25) is 0 Å². The van der Waals surface area contributed by atoms with Gasteiger partial charge >= 0.3 is 0 Å². The summed E-state index contributed by atoms with van der Waals surface area (Å²) in [7, 11) is -3.61. The number of nitro groups is 1. The van der Waals surface area contributed by atoms with E-state index in [0.717, 1.165) is 11.1 Å². The lowest BCUT2D eigenvalue weighted by atomic mass is 10.1. The molecule has 0 radical (unpaired) electrons. The number of hydrogen-bond donors (Lipinski definition) is 0. The molecule has 166 valence electrons. The largest absolute Gasteiger partial charge is 0.484 e. The Kier molecular flexibility index (Phi) is 6.61. The number of carbonyl (C=O) groups is 1. The average Bonchev–Trinajstić information content (AvgIpc) is 2.73. The summed E-state index contributed by atoms with van der Waals surface area (Å²) in [5.41, 5.74) is 2.37. The lowest BCUT2D eigenvalue weighted by Gasteiger charge is -2.34. The monoisotopic (exact) mass is 447 g/mol. The van der Waals surface area contributed by atoms with Crippen LogP contribution in [0.3, 0.4) is 0 Å². The molecule has 1 aliphatic heterocycles. The molecule has 10 heteroatoms. The topological polar surface area (TPSA) is 110 Å². The van der Waals surface area contributed by atoms with Crippen LogP contribution >= 0.6 is 0 Å². The minimum Gasteiger partial charge on any atom is -0.484 e. The van der Waals surface area contributed by atoms with Crippen molar-refractivity contribution in [2.75, 3.05) is 32.8 Å². The first-order valence-electron chi connectivity index (χ1n) is 9.82. The van der Waals surface area contributed by atoms with E-state index in [2.05, 4.69) is 0 Å². The van der Waals surface area contributed by atoms with Crippen molar-refractivity contribution < 1.29 is 22.9 Å². The molecule has 0 spiro atoms. The third-order valence-electron chi connectivity index (χ3n) is 5.43. The Balaban J connectivity index is 1.56. The predicted molar refractivity (Wildman–Crippen MR) is 115 cm³/mol. The van der Waals surface area contributed by atoms with Gasteiger partial charge in [-0.3, -0.25) is 14.9 Å². The van der Waals surface area contributed by atoms with E-state index >= 15 is 0 Å². The Morgan fingerprint density at radius 1 is 1.00 bits per heavy atom. The maximum absolute atomic E-state index is 12.9. The van der Waals surface area contributed by atoms with E-state index in [1.54, 1.807) is 30.0 Å². The zero-order valence-corrected chi connectivity index (χ0v) is 18.5. The SMILES string of the molecule is Cc1ccc(S(=O)(=O)N2CCN(C(=O)COc3ccc([N+](=O)[O-])c(C)c3)CC2)cc1C. The second kappa shape index (κ2) is 9.03. The van der Waals surface area contributed by atoms with Crippen LogP contribution in [-0.4, -0.2) is 61.2 Å². The highest BCUT2D eigenvalue weighted by atomic mass is 32.2. The number of nitrogens with zero attached hydrogens (tertiary/aromatic N) is 3. The summed E-state index contributed by atoms with van der Waals surface area (Å²) in [4.78, 5) is 24.7. The van der Waals surface area contributed by atoms with E-state index in [0.29, 0.717) is 11.3 Å². The Hall–Kier alpha value is -2.98. The number of aryl methyl sites for hydroxylation is 3. The highest BCUT2D eigenvalue weighted by molar-refractivity contribution is 7.89. The third kappa shape index (κ3) is 5.02. The van der Waals surface area contributed by atoms with Gasteiger partial charge < -0.3 is 9.64 Å². The van der Waals surface area contributed by atoms with E-state index < -0.39 is 14.9 Å². The molecule has 0 aromatic heterocycles. The molecule has 1 heterocycles. The number of piperazine rings is 1. The van der Waals surface area contributed by atoms with Gasteiger partial charge in [0, 0.05) is 37.8 Å². The lowest BCUT2D eigenvalue weighted by Crippen LogP contribution is -2.51. The van der Waals surface area contributed by atoms with Crippen LogP contribution in [0.4, 0.5) is 5.69 Å². The van der Waals surface area contributed by atoms with Crippen LogP contribution in [0.15, 0.2) is 41.3 Å². The van der Waals surface area contributed by atoms with Crippen LogP contribution < -0.4 is 4.74 Å². The number of nitro benzene ring substituents is 1. The summed E-state index contributed by atoms with van der Waals surface area (Å²) in [5.74, 6) is 0.103. The average molecular weight is 448 g/mol. The fraction of sp³-hybridized carbons (Fsp3) is 0.381. The summed E-state index contributed by atoms with van der Waals surface area (Å²) < 4.78 is 32.7. The van der Waals surface area contributed by atoms with Gasteiger partial charge in [-0.15, -0.1) is 0 Å². The van der Waals surface area contributed by atoms with Gasteiger partial charge in [0.05, 0.1) is 9.82 Å². The maximum atomic E-state index is 12.9. The van der Waals surface area contributed by atoms with Crippen molar-refractivity contribution in [2.45, 2.75) is 25.7 Å². The Morgan fingerprint density at radius 2 is 1.68 bits per heavy atom. The van der Waals surface area contributed by atoms with E-state index in [-0.39, 0.29) is 49.3 Å². The van der Waals surface area contributed by atoms with Crippen molar-refractivity contribution in [3.8, 4) is 5.75 Å². The van der Waals surface area contributed by atoms with Gasteiger partial charge in [-0.1, -0.05) is 6.07 Å². The Labute approximate surface area is 181 Å². The second-order valence-corrected chi connectivity index (χ2v) is 9.46. The quantitative estimate of drug-likeness (QED) is 0.497. The number of rotatable bonds is 6. The predicted octanol–water partition coefficient (Wildman–Crippen LogP) is 2.43. The molecule has 1 aliphatic rings. The summed E-state index contributed by atoms with van der Waals surface area (Å²) in [6.45, 7) is 6.13. The van der Waals surface area contributed by atoms with Gasteiger partial charge in [-0.25, -0.2) is 8.42 Å². The van der Waals surface area contributed by atoms with Gasteiger partial charge in [0.15, 0.2) is 6.61 Å². The molecular formula is C21H25N3O6S. The van der Waals surface area contributed by atoms with Crippen molar-refractivity contribution in [1.29, 1.82) is 0 Å². The minimum absolute atomic E-state index is 0.0141. The fourth-order valence-corrected chi connectivity index (χ4v) is 4.87. The maximum Gasteiger partial charge on any atom is 0.272 e.